The lowest BCUT2D eigenvalue weighted by Crippen LogP contribution is -2.38. The Bertz CT molecular complexity index is 416. The van der Waals surface area contributed by atoms with E-state index in [1.807, 2.05) is 6.92 Å². The van der Waals surface area contributed by atoms with E-state index in [0.717, 1.165) is 12.8 Å². The standard InChI is InChI=1S/C14H21ClN2O/c1-4-10(5-2)9(3)17-14(18)12-8-11(15)6-7-13(12)16/h6-10H,4-5,16H2,1-3H3,(H,17,18). The van der Waals surface area contributed by atoms with Crippen LogP contribution in [-0.2, 0) is 0 Å². The number of benzene rings is 1. The SMILES string of the molecule is CCC(CC)C(C)NC(=O)c1cc(Cl)ccc1N. The average Bonchev–Trinajstić information content (AvgIpc) is 2.33. The smallest absolute Gasteiger partial charge is 0.253 e. The number of carbonyl (C=O) groups is 1. The highest BCUT2D eigenvalue weighted by molar-refractivity contribution is 6.31. The first-order chi connectivity index (χ1) is 8.49. The molecule has 1 atom stereocenters. The third-order valence-corrected chi connectivity index (χ3v) is 3.61. The van der Waals surface area contributed by atoms with Crippen molar-refractivity contribution in [3.8, 4) is 0 Å². The normalized spacial score (nSPS) is 12.5. The minimum Gasteiger partial charge on any atom is -0.398 e. The molecule has 100 valence electrons. The third-order valence-electron chi connectivity index (χ3n) is 3.37. The van der Waals surface area contributed by atoms with Gasteiger partial charge >= 0.3 is 0 Å². The second-order valence-electron chi connectivity index (χ2n) is 4.57. The van der Waals surface area contributed by atoms with Crippen molar-refractivity contribution in [3.63, 3.8) is 0 Å². The summed E-state index contributed by atoms with van der Waals surface area (Å²) in [7, 11) is 0. The average molecular weight is 269 g/mol. The Hall–Kier alpha value is -1.22. The first-order valence-corrected chi connectivity index (χ1v) is 6.73. The zero-order valence-electron chi connectivity index (χ0n) is 11.2. The number of nitrogen functional groups attached to an aromatic ring is 1. The quantitative estimate of drug-likeness (QED) is 0.804. The molecule has 1 aromatic rings. The van der Waals surface area contributed by atoms with Crippen LogP contribution in [0.1, 0.15) is 44.0 Å². The minimum atomic E-state index is -0.158. The van der Waals surface area contributed by atoms with Crippen LogP contribution >= 0.6 is 11.6 Å². The molecule has 0 aliphatic carbocycles. The highest BCUT2D eigenvalue weighted by atomic mass is 35.5. The Morgan fingerprint density at radius 1 is 1.39 bits per heavy atom. The van der Waals surface area contributed by atoms with Gasteiger partial charge in [0.25, 0.3) is 5.91 Å². The summed E-state index contributed by atoms with van der Waals surface area (Å²) in [6.45, 7) is 6.28. The molecule has 0 radical (unpaired) electrons. The maximum Gasteiger partial charge on any atom is 0.253 e. The van der Waals surface area contributed by atoms with Crippen LogP contribution in [0, 0.1) is 5.92 Å². The van der Waals surface area contributed by atoms with Crippen molar-refractivity contribution >= 4 is 23.2 Å². The molecule has 0 saturated heterocycles. The Kier molecular flexibility index (Phi) is 5.48. The highest BCUT2D eigenvalue weighted by Gasteiger charge is 2.18. The van der Waals surface area contributed by atoms with Gasteiger partial charge in [-0.1, -0.05) is 38.3 Å². The summed E-state index contributed by atoms with van der Waals surface area (Å²) in [5.74, 6) is 0.323. The van der Waals surface area contributed by atoms with Gasteiger partial charge in [0, 0.05) is 16.8 Å². The van der Waals surface area contributed by atoms with E-state index in [9.17, 15) is 4.79 Å². The van der Waals surface area contributed by atoms with Gasteiger partial charge in [-0.15, -0.1) is 0 Å². The highest BCUT2D eigenvalue weighted by Crippen LogP contribution is 2.19. The number of halogens is 1. The fraction of sp³-hybridized carbons (Fsp3) is 0.500. The lowest BCUT2D eigenvalue weighted by Gasteiger charge is -2.22. The third kappa shape index (κ3) is 3.64. The number of rotatable bonds is 5. The van der Waals surface area contributed by atoms with Gasteiger partial charge in [-0.05, 0) is 31.0 Å². The van der Waals surface area contributed by atoms with Gasteiger partial charge in [0.2, 0.25) is 0 Å². The molecule has 0 saturated carbocycles. The summed E-state index contributed by atoms with van der Waals surface area (Å²) in [5.41, 5.74) is 6.68. The van der Waals surface area contributed by atoms with Crippen molar-refractivity contribution in [1.29, 1.82) is 0 Å². The monoisotopic (exact) mass is 268 g/mol. The number of hydrogen-bond acceptors (Lipinski definition) is 2. The van der Waals surface area contributed by atoms with Crippen LogP contribution in [0.5, 0.6) is 0 Å². The molecule has 1 unspecified atom stereocenters. The molecule has 3 N–H and O–H groups in total. The van der Waals surface area contributed by atoms with Crippen molar-refractivity contribution in [1.82, 2.24) is 5.32 Å². The molecular weight excluding hydrogens is 248 g/mol. The Morgan fingerprint density at radius 3 is 2.56 bits per heavy atom. The molecule has 0 aromatic heterocycles. The number of hydrogen-bond donors (Lipinski definition) is 2. The van der Waals surface area contributed by atoms with Crippen molar-refractivity contribution in [2.45, 2.75) is 39.7 Å². The second-order valence-corrected chi connectivity index (χ2v) is 5.01. The van der Waals surface area contributed by atoms with Crippen LogP contribution in [-0.4, -0.2) is 11.9 Å². The fourth-order valence-corrected chi connectivity index (χ4v) is 2.30. The van der Waals surface area contributed by atoms with Crippen LogP contribution < -0.4 is 11.1 Å². The zero-order chi connectivity index (χ0) is 13.7. The van der Waals surface area contributed by atoms with E-state index in [2.05, 4.69) is 19.2 Å². The Balaban J connectivity index is 2.79. The predicted octanol–water partition coefficient (Wildman–Crippen LogP) is 3.48. The molecule has 1 aromatic carbocycles. The summed E-state index contributed by atoms with van der Waals surface area (Å²) < 4.78 is 0. The lowest BCUT2D eigenvalue weighted by molar-refractivity contribution is 0.0926. The van der Waals surface area contributed by atoms with Crippen molar-refractivity contribution in [2.75, 3.05) is 5.73 Å². The zero-order valence-corrected chi connectivity index (χ0v) is 11.9. The van der Waals surface area contributed by atoms with Crippen LogP contribution in [0.2, 0.25) is 5.02 Å². The minimum absolute atomic E-state index is 0.130. The summed E-state index contributed by atoms with van der Waals surface area (Å²) in [6.07, 6.45) is 2.09. The van der Waals surface area contributed by atoms with E-state index in [-0.39, 0.29) is 11.9 Å². The summed E-state index contributed by atoms with van der Waals surface area (Å²) in [4.78, 5) is 12.1. The van der Waals surface area contributed by atoms with E-state index in [0.29, 0.717) is 22.2 Å². The molecule has 0 spiro atoms. The van der Waals surface area contributed by atoms with Crippen molar-refractivity contribution in [2.24, 2.45) is 5.92 Å². The number of nitrogens with one attached hydrogen (secondary N) is 1. The van der Waals surface area contributed by atoms with Crippen molar-refractivity contribution in [3.05, 3.63) is 28.8 Å². The number of anilines is 1. The van der Waals surface area contributed by atoms with E-state index < -0.39 is 0 Å². The van der Waals surface area contributed by atoms with Gasteiger partial charge in [-0.3, -0.25) is 4.79 Å². The van der Waals surface area contributed by atoms with Crippen LogP contribution in [0.3, 0.4) is 0 Å². The number of nitrogens with two attached hydrogens (primary N) is 1. The lowest BCUT2D eigenvalue weighted by atomic mass is 9.95. The Morgan fingerprint density at radius 2 is 2.00 bits per heavy atom. The van der Waals surface area contributed by atoms with Crippen LogP contribution in [0.25, 0.3) is 0 Å². The van der Waals surface area contributed by atoms with E-state index >= 15 is 0 Å². The molecule has 3 nitrogen and oxygen atoms in total. The van der Waals surface area contributed by atoms with Gasteiger partial charge in [0.05, 0.1) is 5.56 Å². The molecule has 0 bridgehead atoms. The molecule has 0 fully saturated rings. The molecule has 0 aliphatic heterocycles. The van der Waals surface area contributed by atoms with Gasteiger partial charge in [-0.25, -0.2) is 0 Å². The largest absolute Gasteiger partial charge is 0.398 e. The summed E-state index contributed by atoms with van der Waals surface area (Å²) in [5, 5.41) is 3.51. The predicted molar refractivity (Wildman–Crippen MR) is 76.9 cm³/mol. The van der Waals surface area contributed by atoms with E-state index in [1.165, 1.54) is 0 Å². The first-order valence-electron chi connectivity index (χ1n) is 6.35. The summed E-state index contributed by atoms with van der Waals surface area (Å²) >= 11 is 5.88. The molecule has 0 heterocycles. The van der Waals surface area contributed by atoms with Crippen LogP contribution in [0.4, 0.5) is 5.69 Å². The number of carbonyl (C=O) groups excluding carboxylic acids is 1. The topological polar surface area (TPSA) is 55.1 Å². The summed E-state index contributed by atoms with van der Waals surface area (Å²) in [6, 6.07) is 5.06. The maximum atomic E-state index is 12.1. The molecular formula is C14H21ClN2O. The van der Waals surface area contributed by atoms with Gasteiger partial charge < -0.3 is 11.1 Å². The van der Waals surface area contributed by atoms with Gasteiger partial charge in [0.15, 0.2) is 0 Å². The van der Waals surface area contributed by atoms with Gasteiger partial charge in [0.1, 0.15) is 0 Å². The molecule has 0 aliphatic rings. The fourth-order valence-electron chi connectivity index (χ4n) is 2.12. The molecule has 1 rings (SSSR count). The molecule has 18 heavy (non-hydrogen) atoms. The maximum absolute atomic E-state index is 12.1. The molecule has 4 heteroatoms. The first kappa shape index (κ1) is 14.8. The second kappa shape index (κ2) is 6.64. The van der Waals surface area contributed by atoms with Crippen LogP contribution in [0.15, 0.2) is 18.2 Å². The molecule has 1 amide bonds. The number of amides is 1. The Labute approximate surface area is 114 Å². The van der Waals surface area contributed by atoms with Crippen molar-refractivity contribution < 1.29 is 4.79 Å². The van der Waals surface area contributed by atoms with E-state index in [1.54, 1.807) is 18.2 Å². The van der Waals surface area contributed by atoms with Gasteiger partial charge in [-0.2, -0.15) is 0 Å². The van der Waals surface area contributed by atoms with E-state index in [4.69, 9.17) is 17.3 Å².